The number of hydrogen-bond acceptors (Lipinski definition) is 5. The highest BCUT2D eigenvalue weighted by Crippen LogP contribution is 2.30. The number of halogens is 1. The number of fused-ring (bicyclic) bond motifs is 1. The number of rotatable bonds is 2. The molecule has 1 aliphatic rings. The van der Waals surface area contributed by atoms with Crippen LogP contribution in [-0.4, -0.2) is 40.1 Å². The van der Waals surface area contributed by atoms with Crippen LogP contribution in [0.1, 0.15) is 50.2 Å². The van der Waals surface area contributed by atoms with Crippen molar-refractivity contribution in [2.24, 2.45) is 11.7 Å². The van der Waals surface area contributed by atoms with Gasteiger partial charge in [-0.15, -0.1) is 12.4 Å². The molecule has 2 unspecified atom stereocenters. The second-order valence-corrected chi connectivity index (χ2v) is 7.50. The van der Waals surface area contributed by atoms with Crippen LogP contribution in [0.4, 0.5) is 0 Å². The van der Waals surface area contributed by atoms with Crippen LogP contribution in [0.5, 0.6) is 0 Å². The van der Waals surface area contributed by atoms with Gasteiger partial charge in [0.15, 0.2) is 0 Å². The van der Waals surface area contributed by atoms with Crippen molar-refractivity contribution in [3.63, 3.8) is 0 Å². The molecule has 2 atom stereocenters. The summed E-state index contributed by atoms with van der Waals surface area (Å²) in [5.41, 5.74) is 7.46. The van der Waals surface area contributed by atoms with E-state index in [1.165, 1.54) is 0 Å². The lowest BCUT2D eigenvalue weighted by Gasteiger charge is -2.21. The molecule has 3 rings (SSSR count). The summed E-state index contributed by atoms with van der Waals surface area (Å²) in [6.07, 6.45) is 2.53. The minimum absolute atomic E-state index is 0. The number of aromatic nitrogens is 2. The molecule has 0 aliphatic carbocycles. The Labute approximate surface area is 148 Å². The summed E-state index contributed by atoms with van der Waals surface area (Å²) in [6, 6.07) is 2.06. The van der Waals surface area contributed by atoms with E-state index in [1.54, 1.807) is 6.20 Å². The second-order valence-electron chi connectivity index (χ2n) is 7.50. The predicted molar refractivity (Wildman–Crippen MR) is 95.4 cm³/mol. The quantitative estimate of drug-likeness (QED) is 0.898. The number of carbonyl (C=O) groups is 1. The third kappa shape index (κ3) is 3.26. The van der Waals surface area contributed by atoms with Gasteiger partial charge in [-0.3, -0.25) is 4.79 Å². The molecule has 0 spiro atoms. The van der Waals surface area contributed by atoms with Crippen molar-refractivity contribution in [3.05, 3.63) is 23.5 Å². The lowest BCUT2D eigenvalue weighted by molar-refractivity contribution is 0.0743. The average molecular weight is 353 g/mol. The highest BCUT2D eigenvalue weighted by atomic mass is 35.5. The largest absolute Gasteiger partial charge is 0.336 e. The van der Waals surface area contributed by atoms with Crippen molar-refractivity contribution in [2.75, 3.05) is 13.1 Å². The van der Waals surface area contributed by atoms with E-state index in [9.17, 15) is 4.79 Å². The maximum Gasteiger partial charge on any atom is 0.257 e. The van der Waals surface area contributed by atoms with Crippen molar-refractivity contribution in [1.29, 1.82) is 0 Å². The molecule has 1 amide bonds. The molecular weight excluding hydrogens is 328 g/mol. The van der Waals surface area contributed by atoms with Crippen molar-refractivity contribution in [1.82, 2.24) is 15.0 Å². The van der Waals surface area contributed by atoms with Crippen LogP contribution < -0.4 is 5.73 Å². The van der Waals surface area contributed by atoms with Crippen molar-refractivity contribution in [3.8, 4) is 0 Å². The zero-order valence-corrected chi connectivity index (χ0v) is 15.4. The fourth-order valence-electron chi connectivity index (χ4n) is 3.25. The molecule has 3 heterocycles. The molecule has 1 aliphatic heterocycles. The third-order valence-electron chi connectivity index (χ3n) is 4.54. The first kappa shape index (κ1) is 18.7. The van der Waals surface area contributed by atoms with Crippen LogP contribution >= 0.6 is 12.4 Å². The van der Waals surface area contributed by atoms with Gasteiger partial charge in [0.2, 0.25) is 0 Å². The van der Waals surface area contributed by atoms with Gasteiger partial charge in [0.25, 0.3) is 11.6 Å². The van der Waals surface area contributed by atoms with Crippen molar-refractivity contribution >= 4 is 29.4 Å². The minimum atomic E-state index is -0.166. The molecule has 132 valence electrons. The van der Waals surface area contributed by atoms with Crippen LogP contribution in [0.3, 0.4) is 0 Å². The maximum atomic E-state index is 12.8. The van der Waals surface area contributed by atoms with Crippen LogP contribution in [0.25, 0.3) is 11.1 Å². The van der Waals surface area contributed by atoms with Gasteiger partial charge in [-0.1, -0.05) is 25.9 Å². The minimum Gasteiger partial charge on any atom is -0.336 e. The van der Waals surface area contributed by atoms with E-state index in [1.807, 2.05) is 11.0 Å². The van der Waals surface area contributed by atoms with Gasteiger partial charge in [-0.25, -0.2) is 4.98 Å². The Kier molecular flexibility index (Phi) is 5.20. The molecule has 7 heteroatoms. The Morgan fingerprint density at radius 2 is 2.17 bits per heavy atom. The lowest BCUT2D eigenvalue weighted by Crippen LogP contribution is -2.34. The third-order valence-corrected chi connectivity index (χ3v) is 4.54. The molecule has 0 saturated carbocycles. The van der Waals surface area contributed by atoms with Gasteiger partial charge in [0.1, 0.15) is 0 Å². The topological polar surface area (TPSA) is 85.2 Å². The molecule has 0 bridgehead atoms. The van der Waals surface area contributed by atoms with Gasteiger partial charge >= 0.3 is 0 Å². The molecule has 1 fully saturated rings. The molecule has 2 N–H and O–H groups in total. The van der Waals surface area contributed by atoms with E-state index in [0.717, 1.165) is 17.5 Å². The van der Waals surface area contributed by atoms with Crippen LogP contribution in [-0.2, 0) is 5.41 Å². The SMILES string of the molecule is CC1CC(CN)CN1C(=O)c1cnc2onc(C(C)(C)C)c2c1.Cl. The van der Waals surface area contributed by atoms with Gasteiger partial charge in [0.05, 0.1) is 16.6 Å². The molecule has 0 radical (unpaired) electrons. The first-order valence-corrected chi connectivity index (χ1v) is 8.08. The molecular formula is C17H25ClN4O2. The van der Waals surface area contributed by atoms with Crippen molar-refractivity contribution < 1.29 is 9.32 Å². The molecule has 2 aromatic heterocycles. The molecule has 0 aromatic carbocycles. The number of likely N-dealkylation sites (tertiary alicyclic amines) is 1. The summed E-state index contributed by atoms with van der Waals surface area (Å²) in [6.45, 7) is 9.59. The van der Waals surface area contributed by atoms with Gasteiger partial charge in [-0.05, 0) is 31.9 Å². The number of nitrogens with two attached hydrogens (primary N) is 1. The first-order chi connectivity index (χ1) is 10.8. The van der Waals surface area contributed by atoms with Gasteiger partial charge in [0, 0.05) is 24.2 Å². The molecule has 2 aromatic rings. The van der Waals surface area contributed by atoms with E-state index < -0.39 is 0 Å². The van der Waals surface area contributed by atoms with E-state index >= 15 is 0 Å². The molecule has 24 heavy (non-hydrogen) atoms. The fraction of sp³-hybridized carbons (Fsp3) is 0.588. The standard InChI is InChI=1S/C17H24N4O2.ClH/c1-10-5-11(7-18)9-21(10)16(22)12-6-13-14(17(2,3)4)20-23-15(13)19-8-12;/h6,8,10-11H,5,7,9,18H2,1-4H3;1H. The lowest BCUT2D eigenvalue weighted by atomic mass is 9.90. The highest BCUT2D eigenvalue weighted by molar-refractivity contribution is 5.97. The van der Waals surface area contributed by atoms with E-state index in [2.05, 4.69) is 37.8 Å². The van der Waals surface area contributed by atoms with Crippen LogP contribution in [0, 0.1) is 5.92 Å². The first-order valence-electron chi connectivity index (χ1n) is 8.08. The van der Waals surface area contributed by atoms with Gasteiger partial charge < -0.3 is 15.2 Å². The Hall–Kier alpha value is -1.66. The monoisotopic (exact) mass is 352 g/mol. The number of carbonyl (C=O) groups excluding carboxylic acids is 1. The number of hydrogen-bond donors (Lipinski definition) is 1. The highest BCUT2D eigenvalue weighted by Gasteiger charge is 2.33. The van der Waals surface area contributed by atoms with Gasteiger partial charge in [-0.2, -0.15) is 0 Å². The maximum absolute atomic E-state index is 12.8. The summed E-state index contributed by atoms with van der Waals surface area (Å²) < 4.78 is 5.29. The Morgan fingerprint density at radius 3 is 2.75 bits per heavy atom. The summed E-state index contributed by atoms with van der Waals surface area (Å²) in [4.78, 5) is 19.0. The smallest absolute Gasteiger partial charge is 0.257 e. The summed E-state index contributed by atoms with van der Waals surface area (Å²) >= 11 is 0. The second kappa shape index (κ2) is 6.69. The molecule has 1 saturated heterocycles. The fourth-order valence-corrected chi connectivity index (χ4v) is 3.25. The number of amides is 1. The Bertz CT molecular complexity index is 738. The van der Waals surface area contributed by atoms with Crippen LogP contribution in [0.2, 0.25) is 0 Å². The Morgan fingerprint density at radius 1 is 1.46 bits per heavy atom. The average Bonchev–Trinajstić information content (AvgIpc) is 3.08. The normalized spacial score (nSPS) is 21.1. The Balaban J connectivity index is 0.00000208. The van der Waals surface area contributed by atoms with Crippen LogP contribution in [0.15, 0.2) is 16.8 Å². The van der Waals surface area contributed by atoms with E-state index in [-0.39, 0.29) is 29.8 Å². The summed E-state index contributed by atoms with van der Waals surface area (Å²) in [5, 5.41) is 4.94. The molecule has 6 nitrogen and oxygen atoms in total. The van der Waals surface area contributed by atoms with Crippen molar-refractivity contribution in [2.45, 2.75) is 45.6 Å². The predicted octanol–water partition coefficient (Wildman–Crippen LogP) is 2.75. The number of pyridine rings is 1. The zero-order chi connectivity index (χ0) is 16.8. The summed E-state index contributed by atoms with van der Waals surface area (Å²) in [7, 11) is 0. The zero-order valence-electron chi connectivity index (χ0n) is 14.6. The van der Waals surface area contributed by atoms with E-state index in [4.69, 9.17) is 10.3 Å². The summed E-state index contributed by atoms with van der Waals surface area (Å²) in [5.74, 6) is 0.385. The number of nitrogens with zero attached hydrogens (tertiary/aromatic N) is 3. The van der Waals surface area contributed by atoms with E-state index in [0.29, 0.717) is 30.3 Å².